The van der Waals surface area contributed by atoms with Crippen molar-refractivity contribution >= 4 is 45.4 Å². The maximum Gasteiger partial charge on any atom is 0.114 e. The average molecular weight is 501 g/mol. The fourth-order valence-electron chi connectivity index (χ4n) is 3.31. The number of fused-ring (bicyclic) bond motifs is 1. The Morgan fingerprint density at radius 2 is 0.970 bits per heavy atom. The highest BCUT2D eigenvalue weighted by Crippen LogP contribution is 2.43. The minimum atomic E-state index is 0.210. The molecule has 4 rings (SSSR count). The molecule has 0 aliphatic rings. The Labute approximate surface area is 213 Å². The van der Waals surface area contributed by atoms with E-state index in [-0.39, 0.29) is 10.8 Å². The van der Waals surface area contributed by atoms with Gasteiger partial charge in [-0.1, -0.05) is 81.4 Å². The summed E-state index contributed by atoms with van der Waals surface area (Å²) >= 11 is 5.09. The fourth-order valence-corrected chi connectivity index (χ4v) is 6.29. The molecular formula is C28H40N2S3. The van der Waals surface area contributed by atoms with Gasteiger partial charge in [0, 0.05) is 30.6 Å². The van der Waals surface area contributed by atoms with Crippen LogP contribution in [0.5, 0.6) is 0 Å². The van der Waals surface area contributed by atoms with Gasteiger partial charge in [0.2, 0.25) is 0 Å². The molecule has 0 fully saturated rings. The predicted octanol–water partition coefficient (Wildman–Crippen LogP) is 10.6. The molecule has 0 radical (unpaired) electrons. The molecule has 3 aromatic heterocycles. The molecule has 0 spiro atoms. The maximum atomic E-state index is 4.69. The number of hydrogen-bond acceptors (Lipinski definition) is 5. The molecule has 0 saturated heterocycles. The van der Waals surface area contributed by atoms with Gasteiger partial charge in [-0.3, -0.25) is 0 Å². The van der Waals surface area contributed by atoms with Gasteiger partial charge in [0.1, 0.15) is 11.0 Å². The van der Waals surface area contributed by atoms with Gasteiger partial charge in [0.15, 0.2) is 0 Å². The second-order valence-corrected chi connectivity index (χ2v) is 11.6. The Morgan fingerprint density at radius 3 is 1.30 bits per heavy atom. The number of aromatic nitrogens is 2. The van der Waals surface area contributed by atoms with Crippen LogP contribution in [0.4, 0.5) is 0 Å². The Bertz CT molecular complexity index is 1060. The van der Waals surface area contributed by atoms with Crippen LogP contribution in [-0.4, -0.2) is 8.75 Å². The number of benzene rings is 1. The Balaban J connectivity index is 0.000000914. The van der Waals surface area contributed by atoms with Gasteiger partial charge in [0.05, 0.1) is 11.7 Å². The molecule has 4 aromatic rings. The highest BCUT2D eigenvalue weighted by atomic mass is 32.1. The van der Waals surface area contributed by atoms with Crippen molar-refractivity contribution in [1.29, 1.82) is 0 Å². The monoisotopic (exact) mass is 500 g/mol. The van der Waals surface area contributed by atoms with Crippen molar-refractivity contribution in [3.63, 3.8) is 0 Å². The van der Waals surface area contributed by atoms with Gasteiger partial charge >= 0.3 is 0 Å². The third kappa shape index (κ3) is 5.75. The summed E-state index contributed by atoms with van der Waals surface area (Å²) in [6, 6.07) is 13.5. The van der Waals surface area contributed by atoms with E-state index in [0.717, 1.165) is 23.9 Å². The van der Waals surface area contributed by atoms with E-state index in [4.69, 9.17) is 0 Å². The van der Waals surface area contributed by atoms with Crippen LogP contribution in [0.25, 0.3) is 31.9 Å². The van der Waals surface area contributed by atoms with Gasteiger partial charge in [-0.05, 0) is 47.9 Å². The molecule has 2 nitrogen and oxygen atoms in total. The first-order chi connectivity index (χ1) is 15.8. The van der Waals surface area contributed by atoms with Crippen LogP contribution in [0, 0.1) is 0 Å². The minimum absolute atomic E-state index is 0.210. The van der Waals surface area contributed by atoms with Crippen molar-refractivity contribution in [1.82, 2.24) is 8.75 Å². The van der Waals surface area contributed by atoms with Crippen molar-refractivity contribution < 1.29 is 0 Å². The second kappa shape index (κ2) is 11.7. The number of rotatable bonds is 6. The molecular weight excluding hydrogens is 461 g/mol. The average Bonchev–Trinajstić information content (AvgIpc) is 3.61. The minimum Gasteiger partial charge on any atom is -0.172 e. The van der Waals surface area contributed by atoms with E-state index >= 15 is 0 Å². The van der Waals surface area contributed by atoms with E-state index in [1.807, 2.05) is 50.4 Å². The van der Waals surface area contributed by atoms with Crippen LogP contribution in [0.2, 0.25) is 0 Å². The van der Waals surface area contributed by atoms with Crippen molar-refractivity contribution in [2.45, 2.75) is 92.9 Å². The van der Waals surface area contributed by atoms with Crippen LogP contribution in [0.1, 0.15) is 91.8 Å². The summed E-state index contributed by atoms with van der Waals surface area (Å²) in [7, 11) is 0. The maximum absolute atomic E-state index is 4.69. The highest BCUT2D eigenvalue weighted by molar-refractivity contribution is 7.16. The third-order valence-corrected chi connectivity index (χ3v) is 9.76. The smallest absolute Gasteiger partial charge is 0.114 e. The third-order valence-electron chi connectivity index (χ3n) is 6.26. The predicted molar refractivity (Wildman–Crippen MR) is 153 cm³/mol. The van der Waals surface area contributed by atoms with E-state index in [9.17, 15) is 0 Å². The van der Waals surface area contributed by atoms with Crippen LogP contribution in [-0.2, 0) is 10.8 Å². The van der Waals surface area contributed by atoms with Crippen LogP contribution >= 0.6 is 34.4 Å². The lowest BCUT2D eigenvalue weighted by atomic mass is 9.88. The molecule has 0 unspecified atom stereocenters. The first-order valence-electron chi connectivity index (χ1n) is 12.2. The second-order valence-electron chi connectivity index (χ2n) is 8.92. The zero-order chi connectivity index (χ0) is 24.8. The quantitative estimate of drug-likeness (QED) is 0.263. The molecule has 1 aromatic carbocycles. The van der Waals surface area contributed by atoms with Crippen LogP contribution < -0.4 is 0 Å². The van der Waals surface area contributed by atoms with Crippen molar-refractivity contribution in [3.05, 3.63) is 46.2 Å². The fraction of sp³-hybridized carbons (Fsp3) is 0.500. The lowest BCUT2D eigenvalue weighted by Crippen LogP contribution is -2.12. The zero-order valence-corrected chi connectivity index (χ0v) is 24.4. The molecule has 0 aliphatic heterocycles. The van der Waals surface area contributed by atoms with E-state index in [1.54, 1.807) is 0 Å². The van der Waals surface area contributed by atoms with E-state index < -0.39 is 0 Å². The highest BCUT2D eigenvalue weighted by Gasteiger charge is 2.23. The number of thiophene rings is 2. The lowest BCUT2D eigenvalue weighted by Gasteiger charge is -2.20. The molecule has 33 heavy (non-hydrogen) atoms. The number of nitrogens with zero attached hydrogens (tertiary/aromatic N) is 2. The van der Waals surface area contributed by atoms with Gasteiger partial charge in [-0.25, -0.2) is 0 Å². The molecule has 0 amide bonds. The summed E-state index contributed by atoms with van der Waals surface area (Å²) in [5.74, 6) is 0. The molecule has 0 bridgehead atoms. The normalized spacial score (nSPS) is 11.6. The SMILES string of the molecule is CC.CC.CCC(C)(C)c1ccc(-c2ccc(-c3ccc(C(C)(C)CC)s3)c3nsnc23)s1. The summed E-state index contributed by atoms with van der Waals surface area (Å²) in [5.41, 5.74) is 4.88. The first kappa shape index (κ1) is 27.7. The van der Waals surface area contributed by atoms with E-state index in [2.05, 4.69) is 86.7 Å². The van der Waals surface area contributed by atoms with Crippen molar-refractivity contribution in [2.75, 3.05) is 0 Å². The van der Waals surface area contributed by atoms with Crippen LogP contribution in [0.3, 0.4) is 0 Å². The van der Waals surface area contributed by atoms with E-state index in [0.29, 0.717) is 0 Å². The summed E-state index contributed by atoms with van der Waals surface area (Å²) in [6.07, 6.45) is 2.27. The van der Waals surface area contributed by atoms with Gasteiger partial charge in [0.25, 0.3) is 0 Å². The van der Waals surface area contributed by atoms with Crippen molar-refractivity contribution in [2.24, 2.45) is 0 Å². The standard InChI is InChI=1S/C24H28N2S3.2C2H6/c1-7-23(3,4)19-13-11-17(27-19)15-9-10-16(22-21(15)25-29-26-22)18-12-14-20(28-18)24(5,6)8-2;2*1-2/h9-14H,7-8H2,1-6H3;2*1-2H3. The molecule has 5 heteroatoms. The van der Waals surface area contributed by atoms with Gasteiger partial charge in [-0.15, -0.1) is 22.7 Å². The molecule has 0 atom stereocenters. The summed E-state index contributed by atoms with van der Waals surface area (Å²) in [4.78, 5) is 5.43. The van der Waals surface area contributed by atoms with Crippen molar-refractivity contribution in [3.8, 4) is 20.9 Å². The molecule has 0 saturated carbocycles. The summed E-state index contributed by atoms with van der Waals surface area (Å²) in [6.45, 7) is 21.8. The topological polar surface area (TPSA) is 25.8 Å². The molecule has 3 heterocycles. The Kier molecular flexibility index (Phi) is 9.83. The van der Waals surface area contributed by atoms with E-state index in [1.165, 1.54) is 42.4 Å². The Morgan fingerprint density at radius 1 is 0.606 bits per heavy atom. The molecule has 180 valence electrons. The zero-order valence-electron chi connectivity index (χ0n) is 22.0. The van der Waals surface area contributed by atoms with Gasteiger partial charge < -0.3 is 0 Å². The van der Waals surface area contributed by atoms with Crippen LogP contribution in [0.15, 0.2) is 36.4 Å². The summed E-state index contributed by atoms with van der Waals surface area (Å²) < 4.78 is 9.37. The Hall–Kier alpha value is -1.56. The number of hydrogen-bond donors (Lipinski definition) is 0. The molecule has 0 N–H and O–H groups in total. The molecule has 0 aliphatic carbocycles. The first-order valence-corrected chi connectivity index (χ1v) is 14.6. The lowest BCUT2D eigenvalue weighted by molar-refractivity contribution is 0.517. The summed E-state index contributed by atoms with van der Waals surface area (Å²) in [5, 5.41) is 0. The van der Waals surface area contributed by atoms with Gasteiger partial charge in [-0.2, -0.15) is 8.75 Å². The largest absolute Gasteiger partial charge is 0.172 e.